The molecule has 1 saturated heterocycles. The number of nitrogens with zero attached hydrogens (tertiary/aromatic N) is 1. The summed E-state index contributed by atoms with van der Waals surface area (Å²) >= 11 is 5.96. The summed E-state index contributed by atoms with van der Waals surface area (Å²) in [5.41, 5.74) is 0.868. The predicted octanol–water partition coefficient (Wildman–Crippen LogP) is 1.43. The Kier molecular flexibility index (Phi) is 3.06. The normalized spacial score (nSPS) is 20.9. The van der Waals surface area contributed by atoms with Crippen molar-refractivity contribution in [1.82, 2.24) is 10.3 Å². The van der Waals surface area contributed by atoms with Crippen molar-refractivity contribution in [3.8, 4) is 0 Å². The van der Waals surface area contributed by atoms with Crippen molar-refractivity contribution in [2.24, 2.45) is 0 Å². The summed E-state index contributed by atoms with van der Waals surface area (Å²) < 4.78 is 0. The number of nitrogens with one attached hydrogen (secondary N) is 2. The van der Waals surface area contributed by atoms with E-state index in [1.165, 1.54) is 0 Å². The lowest BCUT2D eigenvalue weighted by Crippen LogP contribution is -2.41. The topological polar surface area (TPSA) is 54.0 Å². The molecule has 1 unspecified atom stereocenters. The molecule has 0 aromatic carbocycles. The summed E-state index contributed by atoms with van der Waals surface area (Å²) in [4.78, 5) is 14.9. The third-order valence-electron chi connectivity index (χ3n) is 2.40. The maximum Gasteiger partial charge on any atom is 0.220 e. The van der Waals surface area contributed by atoms with Crippen LogP contribution in [0.15, 0.2) is 18.5 Å². The number of rotatable bonds is 2. The van der Waals surface area contributed by atoms with Gasteiger partial charge >= 0.3 is 0 Å². The van der Waals surface area contributed by atoms with Crippen LogP contribution in [0.3, 0.4) is 0 Å². The fourth-order valence-electron chi connectivity index (χ4n) is 1.57. The Morgan fingerprint density at radius 1 is 1.60 bits per heavy atom. The van der Waals surface area contributed by atoms with E-state index in [-0.39, 0.29) is 11.9 Å². The molecular formula is C10H12ClN3O. The molecule has 0 aliphatic carbocycles. The van der Waals surface area contributed by atoms with Crippen LogP contribution in [0.2, 0.25) is 5.02 Å². The second-order valence-corrected chi connectivity index (χ2v) is 3.95. The standard InChI is InChI=1S/C10H12ClN3O/c11-8-6-12-4-3-9(8)14-7-1-2-10(15)13-5-7/h3-4,6-7H,1-2,5H2,(H,12,14)(H,13,15). The van der Waals surface area contributed by atoms with Crippen molar-refractivity contribution >= 4 is 23.2 Å². The molecule has 5 heteroatoms. The van der Waals surface area contributed by atoms with E-state index in [0.717, 1.165) is 12.1 Å². The Hall–Kier alpha value is -1.29. The van der Waals surface area contributed by atoms with E-state index in [0.29, 0.717) is 18.0 Å². The summed E-state index contributed by atoms with van der Waals surface area (Å²) in [5, 5.41) is 6.70. The zero-order chi connectivity index (χ0) is 10.7. The number of carbonyl (C=O) groups is 1. The zero-order valence-electron chi connectivity index (χ0n) is 8.16. The minimum atomic E-state index is 0.119. The first kappa shape index (κ1) is 10.2. The van der Waals surface area contributed by atoms with Crippen molar-refractivity contribution in [1.29, 1.82) is 0 Å². The molecule has 1 aliphatic heterocycles. The molecule has 1 atom stereocenters. The number of amides is 1. The van der Waals surface area contributed by atoms with Gasteiger partial charge in [-0.05, 0) is 12.5 Å². The van der Waals surface area contributed by atoms with Crippen LogP contribution in [0.5, 0.6) is 0 Å². The average Bonchev–Trinajstić information content (AvgIpc) is 2.25. The van der Waals surface area contributed by atoms with Gasteiger partial charge in [0.15, 0.2) is 0 Å². The van der Waals surface area contributed by atoms with Crippen LogP contribution in [-0.4, -0.2) is 23.5 Å². The maximum atomic E-state index is 11.0. The number of aromatic nitrogens is 1. The maximum absolute atomic E-state index is 11.0. The molecule has 0 saturated carbocycles. The smallest absolute Gasteiger partial charge is 0.220 e. The van der Waals surface area contributed by atoms with E-state index in [1.54, 1.807) is 12.4 Å². The average molecular weight is 226 g/mol. The fraction of sp³-hybridized carbons (Fsp3) is 0.400. The van der Waals surface area contributed by atoms with Gasteiger partial charge in [0.1, 0.15) is 0 Å². The molecular weight excluding hydrogens is 214 g/mol. The molecule has 1 aromatic rings. The van der Waals surface area contributed by atoms with Crippen molar-refractivity contribution < 1.29 is 4.79 Å². The number of anilines is 1. The molecule has 1 fully saturated rings. The molecule has 2 heterocycles. The molecule has 0 radical (unpaired) electrons. The lowest BCUT2D eigenvalue weighted by molar-refractivity contribution is -0.122. The molecule has 1 aliphatic rings. The first-order valence-electron chi connectivity index (χ1n) is 4.88. The van der Waals surface area contributed by atoms with Crippen LogP contribution in [0.1, 0.15) is 12.8 Å². The number of halogens is 1. The summed E-state index contributed by atoms with van der Waals surface area (Å²) in [6, 6.07) is 2.08. The molecule has 0 bridgehead atoms. The van der Waals surface area contributed by atoms with Gasteiger partial charge in [-0.2, -0.15) is 0 Å². The fourth-order valence-corrected chi connectivity index (χ4v) is 1.74. The summed E-state index contributed by atoms with van der Waals surface area (Å²) in [6.45, 7) is 0.650. The monoisotopic (exact) mass is 225 g/mol. The largest absolute Gasteiger partial charge is 0.379 e. The van der Waals surface area contributed by atoms with Crippen LogP contribution >= 0.6 is 11.6 Å². The Balaban J connectivity index is 1.97. The minimum Gasteiger partial charge on any atom is -0.379 e. The van der Waals surface area contributed by atoms with Gasteiger partial charge in [-0.15, -0.1) is 0 Å². The number of hydrogen-bond acceptors (Lipinski definition) is 3. The highest BCUT2D eigenvalue weighted by molar-refractivity contribution is 6.33. The zero-order valence-corrected chi connectivity index (χ0v) is 8.92. The van der Waals surface area contributed by atoms with Gasteiger partial charge in [0, 0.05) is 31.4 Å². The third kappa shape index (κ3) is 2.59. The SMILES string of the molecule is O=C1CCC(Nc2ccncc2Cl)CN1. The summed E-state index contributed by atoms with van der Waals surface area (Å²) in [5.74, 6) is 0.119. The molecule has 1 amide bonds. The van der Waals surface area contributed by atoms with Gasteiger partial charge in [0.25, 0.3) is 0 Å². The molecule has 0 spiro atoms. The van der Waals surface area contributed by atoms with E-state index >= 15 is 0 Å². The quantitative estimate of drug-likeness (QED) is 0.801. The van der Waals surface area contributed by atoms with Gasteiger partial charge < -0.3 is 10.6 Å². The Bertz CT molecular complexity index is 359. The van der Waals surface area contributed by atoms with Crippen molar-refractivity contribution in [2.75, 3.05) is 11.9 Å². The highest BCUT2D eigenvalue weighted by atomic mass is 35.5. The first-order chi connectivity index (χ1) is 7.25. The van der Waals surface area contributed by atoms with Crippen LogP contribution in [0.4, 0.5) is 5.69 Å². The number of hydrogen-bond donors (Lipinski definition) is 2. The van der Waals surface area contributed by atoms with Crippen LogP contribution in [-0.2, 0) is 4.79 Å². The minimum absolute atomic E-state index is 0.119. The number of pyridine rings is 1. The van der Waals surface area contributed by atoms with Gasteiger partial charge in [-0.3, -0.25) is 9.78 Å². The number of piperidine rings is 1. The molecule has 2 rings (SSSR count). The summed E-state index contributed by atoms with van der Waals surface area (Å²) in [7, 11) is 0. The molecule has 4 nitrogen and oxygen atoms in total. The van der Waals surface area contributed by atoms with E-state index in [4.69, 9.17) is 11.6 Å². The van der Waals surface area contributed by atoms with Crippen LogP contribution < -0.4 is 10.6 Å². The van der Waals surface area contributed by atoms with Gasteiger partial charge in [0.2, 0.25) is 5.91 Å². The third-order valence-corrected chi connectivity index (χ3v) is 2.70. The second kappa shape index (κ2) is 4.49. The highest BCUT2D eigenvalue weighted by Crippen LogP contribution is 2.21. The highest BCUT2D eigenvalue weighted by Gasteiger charge is 2.17. The van der Waals surface area contributed by atoms with Crippen molar-refractivity contribution in [2.45, 2.75) is 18.9 Å². The van der Waals surface area contributed by atoms with E-state index in [1.807, 2.05) is 6.07 Å². The summed E-state index contributed by atoms with van der Waals surface area (Å²) in [6.07, 6.45) is 4.70. The Morgan fingerprint density at radius 3 is 3.13 bits per heavy atom. The first-order valence-corrected chi connectivity index (χ1v) is 5.26. The molecule has 1 aromatic heterocycles. The van der Waals surface area contributed by atoms with Crippen LogP contribution in [0, 0.1) is 0 Å². The van der Waals surface area contributed by atoms with Gasteiger partial charge in [-0.25, -0.2) is 0 Å². The predicted molar refractivity (Wildman–Crippen MR) is 58.9 cm³/mol. The Morgan fingerprint density at radius 2 is 2.47 bits per heavy atom. The van der Waals surface area contributed by atoms with Crippen molar-refractivity contribution in [3.63, 3.8) is 0 Å². The van der Waals surface area contributed by atoms with E-state index in [9.17, 15) is 4.79 Å². The van der Waals surface area contributed by atoms with E-state index < -0.39 is 0 Å². The second-order valence-electron chi connectivity index (χ2n) is 3.54. The van der Waals surface area contributed by atoms with Crippen LogP contribution in [0.25, 0.3) is 0 Å². The molecule has 80 valence electrons. The Labute approximate surface area is 93.0 Å². The lowest BCUT2D eigenvalue weighted by Gasteiger charge is -2.24. The molecule has 2 N–H and O–H groups in total. The molecule has 15 heavy (non-hydrogen) atoms. The van der Waals surface area contributed by atoms with E-state index in [2.05, 4.69) is 15.6 Å². The van der Waals surface area contributed by atoms with Crippen molar-refractivity contribution in [3.05, 3.63) is 23.5 Å². The van der Waals surface area contributed by atoms with Gasteiger partial charge in [0.05, 0.1) is 10.7 Å². The van der Waals surface area contributed by atoms with Gasteiger partial charge in [-0.1, -0.05) is 11.6 Å². The number of carbonyl (C=O) groups excluding carboxylic acids is 1. The lowest BCUT2D eigenvalue weighted by atomic mass is 10.1.